The first-order valence-corrected chi connectivity index (χ1v) is 11.4. The summed E-state index contributed by atoms with van der Waals surface area (Å²) in [7, 11) is 0. The molecule has 0 aliphatic carbocycles. The molecule has 4 rings (SSSR count). The molecule has 9 nitrogen and oxygen atoms in total. The summed E-state index contributed by atoms with van der Waals surface area (Å²) in [6, 6.07) is 3.67. The molecule has 2 aliphatic rings. The predicted molar refractivity (Wildman–Crippen MR) is 123 cm³/mol. The van der Waals surface area contributed by atoms with Crippen LogP contribution in [0.5, 0.6) is 0 Å². The van der Waals surface area contributed by atoms with E-state index in [9.17, 15) is 14.0 Å². The van der Waals surface area contributed by atoms with E-state index in [-0.39, 0.29) is 6.54 Å². The number of halogens is 1. The molecule has 1 aromatic carbocycles. The van der Waals surface area contributed by atoms with Crippen LogP contribution in [-0.2, 0) is 14.3 Å². The Hall–Kier alpha value is -3.05. The maximum atomic E-state index is 14.9. The number of aromatic nitrogens is 2. The molecule has 1 fully saturated rings. The van der Waals surface area contributed by atoms with Crippen molar-refractivity contribution in [2.75, 3.05) is 29.9 Å². The fourth-order valence-electron chi connectivity index (χ4n) is 3.73. The van der Waals surface area contributed by atoms with Crippen LogP contribution in [0.2, 0.25) is 0 Å². The third-order valence-corrected chi connectivity index (χ3v) is 5.68. The van der Waals surface area contributed by atoms with Gasteiger partial charge in [0.2, 0.25) is 0 Å². The van der Waals surface area contributed by atoms with Crippen LogP contribution < -0.4 is 15.5 Å². The number of hydrogen-bond acceptors (Lipinski definition) is 9. The van der Waals surface area contributed by atoms with Crippen molar-refractivity contribution in [3.63, 3.8) is 0 Å². The normalized spacial score (nSPS) is 19.6. The Morgan fingerprint density at radius 1 is 1.42 bits per heavy atom. The van der Waals surface area contributed by atoms with Crippen LogP contribution in [0, 0.1) is 5.82 Å². The maximum Gasteiger partial charge on any atom is 0.414 e. The van der Waals surface area contributed by atoms with Gasteiger partial charge in [0.05, 0.1) is 30.2 Å². The third-order valence-electron chi connectivity index (χ3n) is 5.21. The summed E-state index contributed by atoms with van der Waals surface area (Å²) in [6.45, 7) is 6.79. The smallest absolute Gasteiger partial charge is 0.414 e. The van der Waals surface area contributed by atoms with Crippen LogP contribution in [0.25, 0.3) is 5.57 Å². The zero-order chi connectivity index (χ0) is 23.6. The predicted octanol–water partition coefficient (Wildman–Crippen LogP) is 3.20. The first-order chi connectivity index (χ1) is 15.7. The molecule has 0 spiro atoms. The summed E-state index contributed by atoms with van der Waals surface area (Å²) in [5.74, 6) is -0.627. The number of benzene rings is 1. The molecule has 1 amide bonds. The van der Waals surface area contributed by atoms with Gasteiger partial charge in [-0.15, -0.1) is 0 Å². The van der Waals surface area contributed by atoms with Crippen LogP contribution >= 0.6 is 11.7 Å². The van der Waals surface area contributed by atoms with Crippen molar-refractivity contribution in [2.45, 2.75) is 44.9 Å². The van der Waals surface area contributed by atoms with E-state index in [0.717, 1.165) is 30.3 Å². The van der Waals surface area contributed by atoms with Gasteiger partial charge in [0.15, 0.2) is 18.0 Å². The van der Waals surface area contributed by atoms with E-state index in [1.165, 1.54) is 17.2 Å². The Balaban J connectivity index is 1.54. The number of carbonyl (C=O) groups excluding carboxylic acids is 2. The molecule has 0 radical (unpaired) electrons. The van der Waals surface area contributed by atoms with E-state index < -0.39 is 35.6 Å². The lowest BCUT2D eigenvalue weighted by Gasteiger charge is -2.26. The number of hydrogen-bond donors (Lipinski definition) is 2. The number of amides is 1. The summed E-state index contributed by atoms with van der Waals surface area (Å²) >= 11 is 0.979. The van der Waals surface area contributed by atoms with Crippen molar-refractivity contribution in [2.24, 2.45) is 0 Å². The number of anilines is 2. The van der Waals surface area contributed by atoms with E-state index >= 15 is 0 Å². The number of nitrogens with zero attached hydrogens (tertiary/aromatic N) is 3. The maximum absolute atomic E-state index is 14.9. The van der Waals surface area contributed by atoms with E-state index in [4.69, 9.17) is 9.47 Å². The van der Waals surface area contributed by atoms with Gasteiger partial charge in [0.1, 0.15) is 11.4 Å². The zero-order valence-electron chi connectivity index (χ0n) is 18.6. The number of cyclic esters (lactones) is 1. The molecule has 2 aliphatic heterocycles. The summed E-state index contributed by atoms with van der Waals surface area (Å²) < 4.78 is 33.9. The minimum absolute atomic E-state index is 0.0404. The van der Waals surface area contributed by atoms with Gasteiger partial charge in [0.25, 0.3) is 0 Å². The fourth-order valence-corrected chi connectivity index (χ4v) is 4.11. The fraction of sp³-hybridized carbons (Fsp3) is 0.455. The highest BCUT2D eigenvalue weighted by Crippen LogP contribution is 2.30. The SMILES string of the molecule is CC(C)(C)OC(=O)C(Nc1cnsn1)[C@H]1CN(c2ccc(C3=CCNCC3)c(F)c2)C(=O)O1. The van der Waals surface area contributed by atoms with Crippen LogP contribution in [0.1, 0.15) is 32.8 Å². The lowest BCUT2D eigenvalue weighted by atomic mass is 9.99. The molecule has 1 aromatic heterocycles. The molecular weight excluding hydrogens is 449 g/mol. The van der Waals surface area contributed by atoms with E-state index in [1.807, 2.05) is 6.08 Å². The van der Waals surface area contributed by atoms with Crippen molar-refractivity contribution in [3.8, 4) is 0 Å². The number of rotatable bonds is 6. The molecule has 33 heavy (non-hydrogen) atoms. The van der Waals surface area contributed by atoms with E-state index in [2.05, 4.69) is 19.4 Å². The van der Waals surface area contributed by atoms with Gasteiger partial charge in [-0.3, -0.25) is 4.90 Å². The van der Waals surface area contributed by atoms with Gasteiger partial charge >= 0.3 is 12.1 Å². The van der Waals surface area contributed by atoms with Gasteiger partial charge in [-0.25, -0.2) is 14.0 Å². The minimum atomic E-state index is -1.01. The first-order valence-electron chi connectivity index (χ1n) is 10.7. The topological polar surface area (TPSA) is 106 Å². The average molecular weight is 476 g/mol. The Labute approximate surface area is 195 Å². The molecule has 1 unspecified atom stereocenters. The lowest BCUT2D eigenvalue weighted by Crippen LogP contribution is -2.46. The second kappa shape index (κ2) is 9.44. The number of esters is 1. The van der Waals surface area contributed by atoms with E-state index in [0.29, 0.717) is 23.6 Å². The summed E-state index contributed by atoms with van der Waals surface area (Å²) in [6.07, 6.45) is 2.63. The van der Waals surface area contributed by atoms with Crippen molar-refractivity contribution in [1.29, 1.82) is 0 Å². The second-order valence-corrected chi connectivity index (χ2v) is 9.39. The molecule has 0 bridgehead atoms. The molecule has 2 aromatic rings. The molecule has 0 saturated carbocycles. The standard InChI is InChI=1S/C22H26FN5O4S/c1-22(2,3)32-20(29)19(26-18-11-25-33-27-18)17-12-28(21(30)31-17)14-4-5-15(16(23)10-14)13-6-8-24-9-7-13/h4-6,10-11,17,19,24H,7-9,12H2,1-3H3,(H,26,27)/t17-,19?/m1/s1. The van der Waals surface area contributed by atoms with Crippen molar-refractivity contribution >= 4 is 40.9 Å². The molecule has 176 valence electrons. The lowest BCUT2D eigenvalue weighted by molar-refractivity contribution is -0.157. The highest BCUT2D eigenvalue weighted by molar-refractivity contribution is 6.99. The molecule has 3 heterocycles. The summed E-state index contributed by atoms with van der Waals surface area (Å²) in [5, 5.41) is 6.15. The Morgan fingerprint density at radius 3 is 2.88 bits per heavy atom. The summed E-state index contributed by atoms with van der Waals surface area (Å²) in [5.41, 5.74) is 1.08. The molecule has 1 saturated heterocycles. The highest BCUT2D eigenvalue weighted by atomic mass is 32.1. The zero-order valence-corrected chi connectivity index (χ0v) is 19.4. The third kappa shape index (κ3) is 5.48. The molecule has 2 atom stereocenters. The largest absolute Gasteiger partial charge is 0.458 e. The molecule has 11 heteroatoms. The van der Waals surface area contributed by atoms with Crippen molar-refractivity contribution in [1.82, 2.24) is 14.1 Å². The number of nitrogens with one attached hydrogen (secondary N) is 2. The summed E-state index contributed by atoms with van der Waals surface area (Å²) in [4.78, 5) is 26.9. The number of carbonyl (C=O) groups is 2. The molecular formula is C22H26FN5O4S. The van der Waals surface area contributed by atoms with Crippen LogP contribution in [0.4, 0.5) is 20.7 Å². The van der Waals surface area contributed by atoms with Gasteiger partial charge < -0.3 is 20.1 Å². The van der Waals surface area contributed by atoms with E-state index in [1.54, 1.807) is 32.9 Å². The average Bonchev–Trinajstić information content (AvgIpc) is 3.40. The van der Waals surface area contributed by atoms with Gasteiger partial charge in [0, 0.05) is 12.1 Å². The van der Waals surface area contributed by atoms with Gasteiger partial charge in [-0.2, -0.15) is 8.75 Å². The van der Waals surface area contributed by atoms with Crippen LogP contribution in [0.15, 0.2) is 30.5 Å². The van der Waals surface area contributed by atoms with Crippen LogP contribution in [-0.4, -0.2) is 58.2 Å². The first kappa shape index (κ1) is 23.1. The van der Waals surface area contributed by atoms with Crippen molar-refractivity contribution < 1.29 is 23.5 Å². The number of ether oxygens (including phenoxy) is 2. The van der Waals surface area contributed by atoms with Gasteiger partial charge in [-0.05, 0) is 57.5 Å². The monoisotopic (exact) mass is 475 g/mol. The Bertz CT molecular complexity index is 1050. The second-order valence-electron chi connectivity index (χ2n) is 8.83. The quantitative estimate of drug-likeness (QED) is 0.614. The van der Waals surface area contributed by atoms with Crippen molar-refractivity contribution in [3.05, 3.63) is 41.9 Å². The highest BCUT2D eigenvalue weighted by Gasteiger charge is 2.43. The molecule has 2 N–H and O–H groups in total. The Morgan fingerprint density at radius 2 is 2.24 bits per heavy atom. The minimum Gasteiger partial charge on any atom is -0.458 e. The van der Waals surface area contributed by atoms with Crippen LogP contribution in [0.3, 0.4) is 0 Å². The Kier molecular flexibility index (Phi) is 6.61. The van der Waals surface area contributed by atoms with Gasteiger partial charge in [-0.1, -0.05) is 6.08 Å².